The van der Waals surface area contributed by atoms with E-state index in [4.69, 9.17) is 9.47 Å². The number of nitrogens with zero attached hydrogens (tertiary/aromatic N) is 2. The fourth-order valence-electron chi connectivity index (χ4n) is 4.78. The van der Waals surface area contributed by atoms with E-state index < -0.39 is 12.0 Å². The molecule has 0 unspecified atom stereocenters. The molecule has 2 amide bonds. The van der Waals surface area contributed by atoms with E-state index in [9.17, 15) is 9.59 Å². The third-order valence-electron chi connectivity index (χ3n) is 6.62. The summed E-state index contributed by atoms with van der Waals surface area (Å²) in [5.74, 6) is 0.428. The molecule has 1 aliphatic heterocycles. The van der Waals surface area contributed by atoms with Crippen LogP contribution in [0.1, 0.15) is 39.0 Å². The van der Waals surface area contributed by atoms with Crippen molar-refractivity contribution in [1.82, 2.24) is 10.3 Å². The number of aromatic nitrogens is 1. The highest BCUT2D eigenvalue weighted by atomic mass is 16.5. The predicted molar refractivity (Wildman–Crippen MR) is 141 cm³/mol. The van der Waals surface area contributed by atoms with Gasteiger partial charge in [-0.05, 0) is 65.2 Å². The number of rotatable bonds is 7. The van der Waals surface area contributed by atoms with Crippen LogP contribution in [-0.4, -0.2) is 31.0 Å². The van der Waals surface area contributed by atoms with Crippen LogP contribution in [0.2, 0.25) is 0 Å². The van der Waals surface area contributed by atoms with Crippen molar-refractivity contribution in [3.63, 3.8) is 0 Å². The highest BCUT2D eigenvalue weighted by Crippen LogP contribution is 2.45. The second-order valence-electron chi connectivity index (χ2n) is 8.74. The molecule has 7 nitrogen and oxygen atoms in total. The van der Waals surface area contributed by atoms with Crippen LogP contribution in [0.5, 0.6) is 11.5 Å². The van der Waals surface area contributed by atoms with Gasteiger partial charge in [-0.3, -0.25) is 19.5 Å². The molecule has 186 valence electrons. The van der Waals surface area contributed by atoms with Crippen molar-refractivity contribution in [2.24, 2.45) is 0 Å². The average Bonchev–Trinajstić information content (AvgIpc) is 2.96. The van der Waals surface area contributed by atoms with Crippen molar-refractivity contribution in [2.75, 3.05) is 19.1 Å². The van der Waals surface area contributed by atoms with Gasteiger partial charge in [-0.1, -0.05) is 36.4 Å². The molecule has 0 bridgehead atoms. The van der Waals surface area contributed by atoms with Crippen LogP contribution in [0, 0.1) is 0 Å². The Morgan fingerprint density at radius 3 is 2.22 bits per heavy atom. The summed E-state index contributed by atoms with van der Waals surface area (Å²) < 4.78 is 10.5. The quantitative estimate of drug-likeness (QED) is 0.396. The van der Waals surface area contributed by atoms with Gasteiger partial charge < -0.3 is 14.8 Å². The van der Waals surface area contributed by atoms with Gasteiger partial charge in [0, 0.05) is 30.2 Å². The largest absolute Gasteiger partial charge is 0.497 e. The van der Waals surface area contributed by atoms with Crippen LogP contribution in [0.15, 0.2) is 97.3 Å². The van der Waals surface area contributed by atoms with Crippen LogP contribution in [0.25, 0.3) is 0 Å². The lowest BCUT2D eigenvalue weighted by Crippen LogP contribution is -2.47. The lowest BCUT2D eigenvalue weighted by atomic mass is 9.79. The number of nitrogens with one attached hydrogen (secondary N) is 1. The summed E-state index contributed by atoms with van der Waals surface area (Å²) in [6.45, 7) is 0.345. The van der Waals surface area contributed by atoms with Crippen LogP contribution >= 0.6 is 0 Å². The number of carbonyl (C=O) groups excluding carboxylic acids is 2. The third-order valence-corrected chi connectivity index (χ3v) is 6.62. The smallest absolute Gasteiger partial charge is 0.259 e. The molecule has 1 aliphatic rings. The maximum atomic E-state index is 13.9. The molecule has 2 atom stereocenters. The molecule has 7 heteroatoms. The molecular weight excluding hydrogens is 466 g/mol. The molecule has 0 saturated carbocycles. The number of pyridine rings is 1. The van der Waals surface area contributed by atoms with Gasteiger partial charge in [-0.15, -0.1) is 0 Å². The van der Waals surface area contributed by atoms with E-state index in [1.165, 1.54) is 0 Å². The van der Waals surface area contributed by atoms with Gasteiger partial charge in [-0.2, -0.15) is 0 Å². The van der Waals surface area contributed by atoms with E-state index in [0.717, 1.165) is 16.9 Å². The maximum absolute atomic E-state index is 13.9. The normalized spacial score (nSPS) is 16.6. The number of benzene rings is 3. The first-order valence-electron chi connectivity index (χ1n) is 12.0. The molecule has 2 heterocycles. The zero-order valence-corrected chi connectivity index (χ0v) is 20.6. The highest BCUT2D eigenvalue weighted by Gasteiger charge is 2.44. The van der Waals surface area contributed by atoms with Gasteiger partial charge in [0.25, 0.3) is 5.91 Å². The fourth-order valence-corrected chi connectivity index (χ4v) is 4.78. The van der Waals surface area contributed by atoms with Gasteiger partial charge in [0.2, 0.25) is 5.91 Å². The summed E-state index contributed by atoms with van der Waals surface area (Å²) in [5.41, 5.74) is 3.58. The lowest BCUT2D eigenvalue weighted by Gasteiger charge is -2.41. The first kappa shape index (κ1) is 24.1. The molecule has 3 aromatic carbocycles. The lowest BCUT2D eigenvalue weighted by molar-refractivity contribution is -0.123. The minimum absolute atomic E-state index is 0.172. The molecule has 37 heavy (non-hydrogen) atoms. The fraction of sp³-hybridized carbons (Fsp3) is 0.167. The Labute approximate surface area is 215 Å². The SMILES string of the molecule is COc1ccc(CNC(=O)[C@H]2c3ccccc3C(=O)N(c3ccc(OC)cc3)[C@@H]2c2cccnc2)cc1. The summed E-state index contributed by atoms with van der Waals surface area (Å²) in [4.78, 5) is 33.8. The molecule has 0 aliphatic carbocycles. The number of amides is 2. The number of ether oxygens (including phenoxy) is 2. The number of fused-ring (bicyclic) bond motifs is 1. The summed E-state index contributed by atoms with van der Waals surface area (Å²) in [7, 11) is 3.21. The van der Waals surface area contributed by atoms with E-state index >= 15 is 0 Å². The van der Waals surface area contributed by atoms with Crippen LogP contribution in [0.3, 0.4) is 0 Å². The molecule has 1 aromatic heterocycles. The molecule has 0 fully saturated rings. The second-order valence-corrected chi connectivity index (χ2v) is 8.74. The maximum Gasteiger partial charge on any atom is 0.259 e. The van der Waals surface area contributed by atoms with E-state index in [2.05, 4.69) is 10.3 Å². The number of hydrogen-bond acceptors (Lipinski definition) is 5. The number of anilines is 1. The Bertz CT molecular complexity index is 1390. The van der Waals surface area contributed by atoms with Crippen molar-refractivity contribution in [1.29, 1.82) is 0 Å². The van der Waals surface area contributed by atoms with Gasteiger partial charge in [0.1, 0.15) is 11.5 Å². The van der Waals surface area contributed by atoms with Crippen LogP contribution < -0.4 is 19.7 Å². The third kappa shape index (κ3) is 4.76. The van der Waals surface area contributed by atoms with Crippen molar-refractivity contribution < 1.29 is 19.1 Å². The zero-order valence-electron chi connectivity index (χ0n) is 20.6. The first-order chi connectivity index (χ1) is 18.1. The van der Waals surface area contributed by atoms with Gasteiger partial charge in [0.05, 0.1) is 26.2 Å². The van der Waals surface area contributed by atoms with E-state index in [1.54, 1.807) is 37.6 Å². The number of carbonyl (C=O) groups is 2. The Morgan fingerprint density at radius 1 is 0.892 bits per heavy atom. The summed E-state index contributed by atoms with van der Waals surface area (Å²) in [5, 5.41) is 3.09. The number of methoxy groups -OCH3 is 2. The van der Waals surface area contributed by atoms with Crippen LogP contribution in [0.4, 0.5) is 5.69 Å². The molecule has 0 saturated heterocycles. The molecular formula is C30H27N3O4. The summed E-state index contributed by atoms with van der Waals surface area (Å²) >= 11 is 0. The monoisotopic (exact) mass is 493 g/mol. The van der Waals surface area contributed by atoms with E-state index in [0.29, 0.717) is 29.1 Å². The predicted octanol–water partition coefficient (Wildman–Crippen LogP) is 4.90. The summed E-state index contributed by atoms with van der Waals surface area (Å²) in [6.07, 6.45) is 3.39. The minimum Gasteiger partial charge on any atom is -0.497 e. The van der Waals surface area contributed by atoms with E-state index in [1.807, 2.05) is 78.9 Å². The molecule has 1 N–H and O–H groups in total. The van der Waals surface area contributed by atoms with E-state index in [-0.39, 0.29) is 11.8 Å². The topological polar surface area (TPSA) is 80.8 Å². The van der Waals surface area contributed by atoms with Crippen molar-refractivity contribution in [3.8, 4) is 11.5 Å². The second kappa shape index (κ2) is 10.5. The standard InChI is InChI=1S/C30H27N3O4/c1-36-23-13-9-20(10-14-23)18-32-29(34)27-25-7-3-4-8-26(25)30(35)33(22-11-15-24(37-2)16-12-22)28(27)21-6-5-17-31-19-21/h3-17,19,27-28H,18H2,1-2H3,(H,32,34)/t27-,28+/m0/s1. The van der Waals surface area contributed by atoms with Gasteiger partial charge in [0.15, 0.2) is 0 Å². The molecule has 0 radical (unpaired) electrons. The van der Waals surface area contributed by atoms with Crippen molar-refractivity contribution in [2.45, 2.75) is 18.5 Å². The van der Waals surface area contributed by atoms with Crippen LogP contribution in [-0.2, 0) is 11.3 Å². The number of hydrogen-bond donors (Lipinski definition) is 1. The Balaban J connectivity index is 1.57. The Morgan fingerprint density at radius 2 is 1.57 bits per heavy atom. The highest BCUT2D eigenvalue weighted by molar-refractivity contribution is 6.11. The average molecular weight is 494 g/mol. The zero-order chi connectivity index (χ0) is 25.8. The van der Waals surface area contributed by atoms with Crippen molar-refractivity contribution >= 4 is 17.5 Å². The summed E-state index contributed by atoms with van der Waals surface area (Å²) in [6, 6.07) is 25.3. The first-order valence-corrected chi connectivity index (χ1v) is 12.0. The minimum atomic E-state index is -0.654. The van der Waals surface area contributed by atoms with Gasteiger partial charge >= 0.3 is 0 Å². The molecule has 5 rings (SSSR count). The molecule has 0 spiro atoms. The van der Waals surface area contributed by atoms with Crippen molar-refractivity contribution in [3.05, 3.63) is 120 Å². The van der Waals surface area contributed by atoms with Gasteiger partial charge in [-0.25, -0.2) is 0 Å². The Hall–Kier alpha value is -4.65. The Kier molecular flexibility index (Phi) is 6.85. The molecule has 4 aromatic rings.